The van der Waals surface area contributed by atoms with E-state index in [9.17, 15) is 0 Å². The molecule has 0 aromatic carbocycles. The minimum Gasteiger partial charge on any atom is -0.381 e. The molecule has 0 unspecified atom stereocenters. The van der Waals surface area contributed by atoms with Crippen LogP contribution >= 0.6 is 0 Å². The predicted molar refractivity (Wildman–Crippen MR) is 17.6 cm³/mol. The van der Waals surface area contributed by atoms with Crippen molar-refractivity contribution in [3.63, 3.8) is 0 Å². The summed E-state index contributed by atoms with van der Waals surface area (Å²) in [6.45, 7) is 0. The standard InChI is InChI=1S/C2H3N2O/c3-2(4)1-5/h(H3,3,4). The maximum atomic E-state index is 9.03. The Bertz CT molecular complexity index is 58.7. The summed E-state index contributed by atoms with van der Waals surface area (Å²) < 4.78 is 0. The zero-order valence-corrected chi connectivity index (χ0v) is 2.49. The first-order valence-electron chi connectivity index (χ1n) is 0.993. The van der Waals surface area contributed by atoms with E-state index < -0.39 is 5.84 Å². The molecule has 0 saturated heterocycles. The van der Waals surface area contributed by atoms with E-state index >= 15 is 0 Å². The molecule has 3 heteroatoms. The number of rotatable bonds is 1. The van der Waals surface area contributed by atoms with E-state index in [4.69, 9.17) is 10.2 Å². The Kier molecular flexibility index (Phi) is 1.21. The van der Waals surface area contributed by atoms with Crippen molar-refractivity contribution in [2.45, 2.75) is 0 Å². The molecule has 0 spiro atoms. The van der Waals surface area contributed by atoms with Gasteiger partial charge in [-0.15, -0.1) is 0 Å². The van der Waals surface area contributed by atoms with E-state index in [2.05, 4.69) is 5.73 Å². The number of nitrogens with one attached hydrogen (secondary N) is 1. The molecule has 5 heavy (non-hydrogen) atoms. The molecule has 0 rings (SSSR count). The van der Waals surface area contributed by atoms with E-state index in [0.29, 0.717) is 0 Å². The summed E-state index contributed by atoms with van der Waals surface area (Å²) in [5, 5.41) is 6.10. The van der Waals surface area contributed by atoms with Gasteiger partial charge in [-0.25, -0.2) is 0 Å². The van der Waals surface area contributed by atoms with E-state index in [1.54, 1.807) is 0 Å². The van der Waals surface area contributed by atoms with E-state index in [1.165, 1.54) is 0 Å². The maximum absolute atomic E-state index is 9.03. The quantitative estimate of drug-likeness (QED) is 0.308. The van der Waals surface area contributed by atoms with Gasteiger partial charge < -0.3 is 5.73 Å². The number of hydrogen-bond acceptors (Lipinski definition) is 2. The molecule has 0 aliphatic carbocycles. The lowest BCUT2D eigenvalue weighted by Gasteiger charge is -1.64. The topological polar surface area (TPSA) is 66.9 Å². The Morgan fingerprint density at radius 2 is 2.20 bits per heavy atom. The molecular formula is C2H3N2O. The first-order chi connectivity index (χ1) is 2.27. The van der Waals surface area contributed by atoms with Crippen LogP contribution in [-0.2, 0) is 4.79 Å². The molecule has 0 heterocycles. The molecule has 0 aliphatic rings. The Hall–Kier alpha value is -0.860. The van der Waals surface area contributed by atoms with Crippen LogP contribution in [0, 0.1) is 5.41 Å². The van der Waals surface area contributed by atoms with Gasteiger partial charge in [0, 0.05) is 0 Å². The van der Waals surface area contributed by atoms with Crippen molar-refractivity contribution in [1.29, 1.82) is 5.41 Å². The minimum absolute atomic E-state index is 0.551. The van der Waals surface area contributed by atoms with Crippen LogP contribution in [0.2, 0.25) is 0 Å². The summed E-state index contributed by atoms with van der Waals surface area (Å²) in [5.41, 5.74) is 4.45. The molecule has 3 nitrogen and oxygen atoms in total. The van der Waals surface area contributed by atoms with Gasteiger partial charge in [0.1, 0.15) is 0 Å². The summed E-state index contributed by atoms with van der Waals surface area (Å²) >= 11 is 0. The van der Waals surface area contributed by atoms with Gasteiger partial charge >= 0.3 is 0 Å². The summed E-state index contributed by atoms with van der Waals surface area (Å²) in [5.74, 6) is -0.551. The normalized spacial score (nSPS) is 6.40. The summed E-state index contributed by atoms with van der Waals surface area (Å²) in [6, 6.07) is 0. The Balaban J connectivity index is 3.20. The number of amidine groups is 1. The molecule has 27 valence electrons. The highest BCUT2D eigenvalue weighted by atomic mass is 16.1. The molecule has 0 atom stereocenters. The van der Waals surface area contributed by atoms with Crippen molar-refractivity contribution in [2.75, 3.05) is 0 Å². The molecule has 1 radical (unpaired) electrons. The van der Waals surface area contributed by atoms with Gasteiger partial charge in [-0.3, -0.25) is 10.2 Å². The van der Waals surface area contributed by atoms with Gasteiger partial charge in [-0.05, 0) is 0 Å². The lowest BCUT2D eigenvalue weighted by molar-refractivity contribution is 0.566. The van der Waals surface area contributed by atoms with Crippen LogP contribution < -0.4 is 5.73 Å². The average Bonchev–Trinajstić information content (AvgIpc) is 1.38. The lowest BCUT2D eigenvalue weighted by atomic mass is 10.7. The second-order valence-electron chi connectivity index (χ2n) is 0.516. The van der Waals surface area contributed by atoms with Crippen LogP contribution in [0.5, 0.6) is 0 Å². The molecular weight excluding hydrogens is 68.0 g/mol. The van der Waals surface area contributed by atoms with Crippen LogP contribution in [0.4, 0.5) is 0 Å². The van der Waals surface area contributed by atoms with Crippen molar-refractivity contribution in [3.05, 3.63) is 0 Å². The van der Waals surface area contributed by atoms with E-state index in [1.807, 2.05) is 0 Å². The highest BCUT2D eigenvalue weighted by Gasteiger charge is 1.72. The van der Waals surface area contributed by atoms with Crippen molar-refractivity contribution in [2.24, 2.45) is 5.73 Å². The van der Waals surface area contributed by atoms with Crippen molar-refractivity contribution >= 4 is 12.1 Å². The van der Waals surface area contributed by atoms with Gasteiger partial charge in [0.15, 0.2) is 5.84 Å². The number of hydrogen-bond donors (Lipinski definition) is 2. The predicted octanol–water partition coefficient (Wildman–Crippen LogP) is -0.968. The van der Waals surface area contributed by atoms with E-state index in [0.717, 1.165) is 6.29 Å². The van der Waals surface area contributed by atoms with E-state index in [-0.39, 0.29) is 0 Å². The highest BCUT2D eigenvalue weighted by molar-refractivity contribution is 6.24. The lowest BCUT2D eigenvalue weighted by Crippen LogP contribution is -2.09. The number of nitrogens with two attached hydrogens (primary N) is 1. The van der Waals surface area contributed by atoms with Crippen molar-refractivity contribution in [3.8, 4) is 0 Å². The molecule has 3 N–H and O–H groups in total. The summed E-state index contributed by atoms with van der Waals surface area (Å²) in [6.07, 6.45) is 1.14. The van der Waals surface area contributed by atoms with Crippen LogP contribution in [0.15, 0.2) is 0 Å². The molecule has 0 fully saturated rings. The Morgan fingerprint density at radius 3 is 2.20 bits per heavy atom. The SMILES string of the molecule is N=C(N)[C]=O. The van der Waals surface area contributed by atoms with Crippen LogP contribution in [0.1, 0.15) is 0 Å². The van der Waals surface area contributed by atoms with Gasteiger partial charge in [-0.1, -0.05) is 0 Å². The smallest absolute Gasteiger partial charge is 0.270 e. The molecule has 0 aliphatic heterocycles. The van der Waals surface area contributed by atoms with Gasteiger partial charge in [-0.2, -0.15) is 0 Å². The first kappa shape index (κ1) is 4.14. The minimum atomic E-state index is -0.551. The van der Waals surface area contributed by atoms with Crippen LogP contribution in [0.3, 0.4) is 0 Å². The number of carbonyl (C=O) groups excluding carboxylic acids is 1. The zero-order valence-electron chi connectivity index (χ0n) is 2.49. The van der Waals surface area contributed by atoms with Crippen molar-refractivity contribution < 1.29 is 4.79 Å². The molecule has 0 aromatic heterocycles. The zero-order chi connectivity index (χ0) is 4.28. The Labute approximate surface area is 29.3 Å². The van der Waals surface area contributed by atoms with Gasteiger partial charge in [0.05, 0.1) is 0 Å². The third-order valence-corrected chi connectivity index (χ3v) is 0.110. The van der Waals surface area contributed by atoms with Gasteiger partial charge in [0.2, 0.25) is 0 Å². The molecule has 0 aromatic rings. The summed E-state index contributed by atoms with van der Waals surface area (Å²) in [4.78, 5) is 9.03. The largest absolute Gasteiger partial charge is 0.381 e. The van der Waals surface area contributed by atoms with Crippen molar-refractivity contribution in [1.82, 2.24) is 0 Å². The first-order valence-corrected chi connectivity index (χ1v) is 0.993. The summed E-state index contributed by atoms with van der Waals surface area (Å²) in [7, 11) is 0. The second kappa shape index (κ2) is 1.46. The maximum Gasteiger partial charge on any atom is 0.270 e. The third-order valence-electron chi connectivity index (χ3n) is 0.110. The third kappa shape index (κ3) is 3.14. The molecule has 0 bridgehead atoms. The monoisotopic (exact) mass is 71.0 g/mol. The van der Waals surface area contributed by atoms with Crippen LogP contribution in [0.25, 0.3) is 0 Å². The van der Waals surface area contributed by atoms with Gasteiger partial charge in [0.25, 0.3) is 6.29 Å². The fourth-order valence-electron chi connectivity index (χ4n) is 0. The average molecular weight is 71.1 g/mol. The molecule has 0 saturated carbocycles. The molecule has 0 amide bonds. The second-order valence-corrected chi connectivity index (χ2v) is 0.516. The fraction of sp³-hybridized carbons (Fsp3) is 0. The highest BCUT2D eigenvalue weighted by Crippen LogP contribution is 1.34. The van der Waals surface area contributed by atoms with Crippen LogP contribution in [-0.4, -0.2) is 12.1 Å². The Morgan fingerprint density at radius 1 is 2.00 bits per heavy atom. The fourth-order valence-corrected chi connectivity index (χ4v) is 0.